The zero-order valence-corrected chi connectivity index (χ0v) is 19.6. The standard InChI is InChI=1S/C27H29N3O5/c1-35-24-13-17(5-11-23(24)31)16-4-10-22-20(12-16)25(21(14-28-22)26(32)15-2-3-15)29-18-6-8-19(9-7-18)30-27(33)34/h4-5,10-15,18-19,30-31H,2-3,6-9H2,1H3,(H,28,29)(H,33,34)/t18-,19+. The van der Waals surface area contributed by atoms with Crippen molar-refractivity contribution in [1.29, 1.82) is 0 Å². The van der Waals surface area contributed by atoms with Crippen LogP contribution in [0.3, 0.4) is 0 Å². The molecule has 0 aliphatic heterocycles. The van der Waals surface area contributed by atoms with Crippen LogP contribution in [0.25, 0.3) is 22.0 Å². The van der Waals surface area contributed by atoms with Gasteiger partial charge in [0.05, 0.1) is 23.9 Å². The zero-order chi connectivity index (χ0) is 24.5. The number of benzene rings is 2. The SMILES string of the molecule is COc1cc(-c2ccc3ncc(C(=O)C4CC4)c(N[C@H]4CC[C@@H](NC(=O)O)CC4)c3c2)ccc1O. The summed E-state index contributed by atoms with van der Waals surface area (Å²) in [4.78, 5) is 28.7. The summed E-state index contributed by atoms with van der Waals surface area (Å²) in [6, 6.07) is 11.2. The van der Waals surface area contributed by atoms with Gasteiger partial charge in [-0.3, -0.25) is 9.78 Å². The fourth-order valence-electron chi connectivity index (χ4n) is 4.90. The van der Waals surface area contributed by atoms with Crippen molar-refractivity contribution < 1.29 is 24.5 Å². The van der Waals surface area contributed by atoms with Crippen LogP contribution >= 0.6 is 0 Å². The molecule has 8 heteroatoms. The lowest BCUT2D eigenvalue weighted by Gasteiger charge is -2.30. The largest absolute Gasteiger partial charge is 0.504 e. The van der Waals surface area contributed by atoms with Crippen LogP contribution in [0.5, 0.6) is 11.5 Å². The van der Waals surface area contributed by atoms with E-state index in [2.05, 4.69) is 15.6 Å². The molecule has 35 heavy (non-hydrogen) atoms. The van der Waals surface area contributed by atoms with Crippen LogP contribution in [0.1, 0.15) is 48.9 Å². The highest BCUT2D eigenvalue weighted by molar-refractivity contribution is 6.10. The highest BCUT2D eigenvalue weighted by Gasteiger charge is 2.33. The highest BCUT2D eigenvalue weighted by Crippen LogP contribution is 2.39. The number of phenolic OH excluding ortho intramolecular Hbond substituents is 1. The van der Waals surface area contributed by atoms with Crippen molar-refractivity contribution >= 4 is 28.5 Å². The number of aromatic hydroxyl groups is 1. The van der Waals surface area contributed by atoms with Gasteiger partial charge in [-0.15, -0.1) is 0 Å². The Bertz CT molecular complexity index is 1280. The summed E-state index contributed by atoms with van der Waals surface area (Å²) >= 11 is 0. The van der Waals surface area contributed by atoms with Crippen LogP contribution < -0.4 is 15.4 Å². The minimum atomic E-state index is -0.989. The van der Waals surface area contributed by atoms with Gasteiger partial charge in [-0.1, -0.05) is 12.1 Å². The molecular weight excluding hydrogens is 446 g/mol. The Morgan fingerprint density at radius 3 is 2.34 bits per heavy atom. The summed E-state index contributed by atoms with van der Waals surface area (Å²) < 4.78 is 5.27. The number of carboxylic acid groups (broad SMARTS) is 1. The molecular formula is C27H29N3O5. The van der Waals surface area contributed by atoms with Crippen molar-refractivity contribution in [2.24, 2.45) is 5.92 Å². The average molecular weight is 476 g/mol. The Hall–Kier alpha value is -3.81. The number of carbonyl (C=O) groups is 2. The van der Waals surface area contributed by atoms with E-state index in [1.54, 1.807) is 18.3 Å². The van der Waals surface area contributed by atoms with Gasteiger partial charge in [0.2, 0.25) is 0 Å². The van der Waals surface area contributed by atoms with Gasteiger partial charge < -0.3 is 25.6 Å². The van der Waals surface area contributed by atoms with E-state index in [-0.39, 0.29) is 29.5 Å². The monoisotopic (exact) mass is 475 g/mol. The van der Waals surface area contributed by atoms with Crippen molar-refractivity contribution in [3.63, 3.8) is 0 Å². The molecule has 2 aliphatic carbocycles. The Balaban J connectivity index is 1.52. The van der Waals surface area contributed by atoms with Gasteiger partial charge in [0, 0.05) is 29.6 Å². The van der Waals surface area contributed by atoms with Gasteiger partial charge in [0.1, 0.15) is 0 Å². The van der Waals surface area contributed by atoms with E-state index >= 15 is 0 Å². The van der Waals surface area contributed by atoms with E-state index in [1.165, 1.54) is 7.11 Å². The molecule has 1 heterocycles. The predicted molar refractivity (Wildman–Crippen MR) is 133 cm³/mol. The third-order valence-electron chi connectivity index (χ3n) is 7.00. The molecule has 0 bridgehead atoms. The van der Waals surface area contributed by atoms with Gasteiger partial charge in [0.25, 0.3) is 0 Å². The molecule has 1 aromatic heterocycles. The first kappa shape index (κ1) is 23.0. The third kappa shape index (κ3) is 4.87. The van der Waals surface area contributed by atoms with Crippen LogP contribution in [0.2, 0.25) is 0 Å². The van der Waals surface area contributed by atoms with E-state index in [9.17, 15) is 14.7 Å². The van der Waals surface area contributed by atoms with E-state index in [4.69, 9.17) is 9.84 Å². The molecule has 2 fully saturated rings. The van der Waals surface area contributed by atoms with E-state index < -0.39 is 6.09 Å². The van der Waals surface area contributed by atoms with Gasteiger partial charge >= 0.3 is 6.09 Å². The van der Waals surface area contributed by atoms with Crippen LogP contribution in [-0.4, -0.2) is 46.3 Å². The van der Waals surface area contributed by atoms with Gasteiger partial charge in [0.15, 0.2) is 17.3 Å². The van der Waals surface area contributed by atoms with Crippen molar-refractivity contribution in [1.82, 2.24) is 10.3 Å². The quantitative estimate of drug-likeness (QED) is 0.347. The summed E-state index contributed by atoms with van der Waals surface area (Å²) in [6.07, 6.45) is 5.63. The third-order valence-corrected chi connectivity index (χ3v) is 7.00. The minimum Gasteiger partial charge on any atom is -0.504 e. The number of fused-ring (bicyclic) bond motifs is 1. The van der Waals surface area contributed by atoms with Crippen LogP contribution in [0.15, 0.2) is 42.6 Å². The number of ketones is 1. The summed E-state index contributed by atoms with van der Waals surface area (Å²) in [5, 5.41) is 26.1. The van der Waals surface area contributed by atoms with Crippen molar-refractivity contribution in [3.05, 3.63) is 48.2 Å². The fraction of sp³-hybridized carbons (Fsp3) is 0.370. The molecule has 0 saturated heterocycles. The number of hydrogen-bond donors (Lipinski definition) is 4. The lowest BCUT2D eigenvalue weighted by Crippen LogP contribution is -2.39. The van der Waals surface area contributed by atoms with Crippen LogP contribution in [0, 0.1) is 5.92 Å². The second-order valence-corrected chi connectivity index (χ2v) is 9.45. The number of nitrogens with zero attached hydrogens (tertiary/aromatic N) is 1. The number of methoxy groups -OCH3 is 1. The summed E-state index contributed by atoms with van der Waals surface area (Å²) in [5.74, 6) is 0.657. The number of carbonyl (C=O) groups excluding carboxylic acids is 1. The molecule has 2 saturated carbocycles. The average Bonchev–Trinajstić information content (AvgIpc) is 3.70. The van der Waals surface area contributed by atoms with Crippen LogP contribution in [-0.2, 0) is 0 Å². The maximum absolute atomic E-state index is 13.2. The molecule has 3 aromatic rings. The van der Waals surface area contributed by atoms with Gasteiger partial charge in [-0.2, -0.15) is 0 Å². The molecule has 0 atom stereocenters. The molecule has 2 aliphatic rings. The number of ether oxygens (including phenoxy) is 1. The summed E-state index contributed by atoms with van der Waals surface area (Å²) in [6.45, 7) is 0. The van der Waals surface area contributed by atoms with Crippen molar-refractivity contribution in [2.75, 3.05) is 12.4 Å². The number of nitrogens with one attached hydrogen (secondary N) is 2. The number of anilines is 1. The zero-order valence-electron chi connectivity index (χ0n) is 19.6. The molecule has 2 aromatic carbocycles. The molecule has 1 amide bonds. The first-order chi connectivity index (χ1) is 16.9. The lowest BCUT2D eigenvalue weighted by atomic mass is 9.90. The maximum Gasteiger partial charge on any atom is 0.404 e. The Labute approximate surface area is 203 Å². The smallest absolute Gasteiger partial charge is 0.404 e. The number of rotatable bonds is 7. The topological polar surface area (TPSA) is 121 Å². The number of Topliss-reactive ketones (excluding diaryl/α,β-unsaturated/α-hetero) is 1. The molecule has 182 valence electrons. The molecule has 5 rings (SSSR count). The Morgan fingerprint density at radius 2 is 1.66 bits per heavy atom. The summed E-state index contributed by atoms with van der Waals surface area (Å²) in [5.41, 5.74) is 4.01. The number of aromatic nitrogens is 1. The van der Waals surface area contributed by atoms with Gasteiger partial charge in [-0.05, 0) is 73.9 Å². The summed E-state index contributed by atoms with van der Waals surface area (Å²) in [7, 11) is 1.52. The van der Waals surface area contributed by atoms with E-state index in [0.717, 1.165) is 66.2 Å². The first-order valence-corrected chi connectivity index (χ1v) is 12.0. The molecule has 4 N–H and O–H groups in total. The van der Waals surface area contributed by atoms with E-state index in [0.29, 0.717) is 11.3 Å². The Morgan fingerprint density at radius 1 is 0.971 bits per heavy atom. The number of phenols is 1. The van der Waals surface area contributed by atoms with Crippen molar-refractivity contribution in [2.45, 2.75) is 50.6 Å². The maximum atomic E-state index is 13.2. The fourth-order valence-corrected chi connectivity index (χ4v) is 4.90. The van der Waals surface area contributed by atoms with Gasteiger partial charge in [-0.25, -0.2) is 4.79 Å². The van der Waals surface area contributed by atoms with Crippen LogP contribution in [0.4, 0.5) is 10.5 Å². The number of pyridine rings is 1. The second kappa shape index (κ2) is 9.44. The molecule has 8 nitrogen and oxygen atoms in total. The number of hydrogen-bond acceptors (Lipinski definition) is 6. The highest BCUT2D eigenvalue weighted by atomic mass is 16.5. The minimum absolute atomic E-state index is 0.0385. The second-order valence-electron chi connectivity index (χ2n) is 9.45. The predicted octanol–water partition coefficient (Wildman–Crippen LogP) is 5.20. The Kier molecular flexibility index (Phi) is 6.19. The van der Waals surface area contributed by atoms with E-state index in [1.807, 2.05) is 24.3 Å². The lowest BCUT2D eigenvalue weighted by molar-refractivity contribution is 0.0968. The van der Waals surface area contributed by atoms with Crippen molar-refractivity contribution in [3.8, 4) is 22.6 Å². The first-order valence-electron chi connectivity index (χ1n) is 12.0. The molecule has 0 spiro atoms. The molecule has 0 radical (unpaired) electrons. The number of amides is 1. The normalized spacial score (nSPS) is 19.8. The molecule has 0 unspecified atom stereocenters.